The molecule has 1 aromatic heterocycles. The SMILES string of the molecule is CC(C)NC(=O)N1CCc2c([nH]c3ccccc23)[C@H]1c1ccc(F)cc1. The summed E-state index contributed by atoms with van der Waals surface area (Å²) >= 11 is 0. The Morgan fingerprint density at radius 2 is 1.92 bits per heavy atom. The van der Waals surface area contributed by atoms with Gasteiger partial charge in [-0.3, -0.25) is 0 Å². The van der Waals surface area contributed by atoms with E-state index in [4.69, 9.17) is 0 Å². The van der Waals surface area contributed by atoms with Gasteiger partial charge in [0.25, 0.3) is 0 Å². The van der Waals surface area contributed by atoms with Crippen LogP contribution in [0, 0.1) is 5.82 Å². The molecule has 4 nitrogen and oxygen atoms in total. The van der Waals surface area contributed by atoms with Gasteiger partial charge in [0.15, 0.2) is 0 Å². The molecule has 1 aliphatic heterocycles. The first kappa shape index (κ1) is 16.6. The Balaban J connectivity index is 1.84. The smallest absolute Gasteiger partial charge is 0.318 e. The summed E-state index contributed by atoms with van der Waals surface area (Å²) in [5.41, 5.74) is 4.22. The van der Waals surface area contributed by atoms with E-state index in [1.54, 1.807) is 12.1 Å². The van der Waals surface area contributed by atoms with E-state index in [0.717, 1.165) is 23.2 Å². The number of fused-ring (bicyclic) bond motifs is 3. The molecule has 2 aromatic carbocycles. The second-order valence-corrected chi connectivity index (χ2v) is 7.06. The van der Waals surface area contributed by atoms with Crippen molar-refractivity contribution < 1.29 is 9.18 Å². The molecule has 0 saturated heterocycles. The number of benzene rings is 2. The van der Waals surface area contributed by atoms with Crippen molar-refractivity contribution in [3.63, 3.8) is 0 Å². The number of halogens is 1. The highest BCUT2D eigenvalue weighted by molar-refractivity contribution is 5.86. The summed E-state index contributed by atoms with van der Waals surface area (Å²) in [6.07, 6.45) is 0.794. The molecule has 2 amide bonds. The van der Waals surface area contributed by atoms with Crippen LogP contribution in [0.1, 0.15) is 36.7 Å². The third kappa shape index (κ3) is 2.83. The molecule has 0 fully saturated rings. The Bertz CT molecular complexity index is 946. The van der Waals surface area contributed by atoms with Crippen LogP contribution in [0.3, 0.4) is 0 Å². The molecular weight excluding hydrogens is 329 g/mol. The molecule has 0 aliphatic carbocycles. The topological polar surface area (TPSA) is 48.1 Å². The Labute approximate surface area is 152 Å². The summed E-state index contributed by atoms with van der Waals surface area (Å²) < 4.78 is 13.4. The Hall–Kier alpha value is -2.82. The standard InChI is InChI=1S/C21H22FN3O/c1-13(2)23-21(26)25-12-11-17-16-5-3-4-6-18(16)24-19(17)20(25)14-7-9-15(22)10-8-14/h3-10,13,20,24H,11-12H2,1-2H3,(H,23,26)/t20-/m1/s1. The Morgan fingerprint density at radius 1 is 1.19 bits per heavy atom. The van der Waals surface area contributed by atoms with Gasteiger partial charge in [-0.05, 0) is 49.6 Å². The minimum Gasteiger partial charge on any atom is -0.356 e. The molecule has 3 aromatic rings. The molecule has 134 valence electrons. The third-order valence-corrected chi connectivity index (χ3v) is 4.89. The first-order valence-electron chi connectivity index (χ1n) is 8.96. The van der Waals surface area contributed by atoms with E-state index in [1.165, 1.54) is 23.1 Å². The van der Waals surface area contributed by atoms with Crippen molar-refractivity contribution >= 4 is 16.9 Å². The van der Waals surface area contributed by atoms with Crippen LogP contribution in [0.25, 0.3) is 10.9 Å². The predicted octanol–water partition coefficient (Wildman–Crippen LogP) is 4.37. The van der Waals surface area contributed by atoms with Crippen LogP contribution >= 0.6 is 0 Å². The second kappa shape index (κ2) is 6.48. The number of para-hydroxylation sites is 1. The zero-order valence-electron chi connectivity index (χ0n) is 14.9. The second-order valence-electron chi connectivity index (χ2n) is 7.06. The van der Waals surface area contributed by atoms with Gasteiger partial charge in [-0.25, -0.2) is 9.18 Å². The van der Waals surface area contributed by atoms with Gasteiger partial charge in [0, 0.05) is 29.2 Å². The molecule has 0 saturated carbocycles. The number of aromatic nitrogens is 1. The number of aromatic amines is 1. The number of amides is 2. The molecule has 1 atom stereocenters. The van der Waals surface area contributed by atoms with Gasteiger partial charge < -0.3 is 15.2 Å². The highest BCUT2D eigenvalue weighted by Crippen LogP contribution is 2.38. The van der Waals surface area contributed by atoms with Crippen LogP contribution in [0.4, 0.5) is 9.18 Å². The highest BCUT2D eigenvalue weighted by Gasteiger charge is 2.34. The minimum absolute atomic E-state index is 0.0560. The van der Waals surface area contributed by atoms with E-state index in [2.05, 4.69) is 16.4 Å². The first-order valence-corrected chi connectivity index (χ1v) is 8.96. The minimum atomic E-state index is -0.278. The van der Waals surface area contributed by atoms with Crippen molar-refractivity contribution in [3.05, 3.63) is 71.2 Å². The van der Waals surface area contributed by atoms with Crippen molar-refractivity contribution in [1.82, 2.24) is 15.2 Å². The zero-order chi connectivity index (χ0) is 18.3. The maximum atomic E-state index is 13.4. The van der Waals surface area contributed by atoms with Gasteiger partial charge in [0.2, 0.25) is 0 Å². The number of carbonyl (C=O) groups is 1. The quantitative estimate of drug-likeness (QED) is 0.707. The molecule has 4 rings (SSSR count). The monoisotopic (exact) mass is 351 g/mol. The fourth-order valence-corrected chi connectivity index (χ4v) is 3.78. The number of urea groups is 1. The molecule has 26 heavy (non-hydrogen) atoms. The molecule has 2 heterocycles. The van der Waals surface area contributed by atoms with E-state index >= 15 is 0 Å². The van der Waals surface area contributed by atoms with Gasteiger partial charge in [0.05, 0.1) is 6.04 Å². The van der Waals surface area contributed by atoms with Crippen LogP contribution in [0.15, 0.2) is 48.5 Å². The molecule has 0 spiro atoms. The van der Waals surface area contributed by atoms with Crippen LogP contribution in [-0.4, -0.2) is 28.5 Å². The van der Waals surface area contributed by atoms with E-state index in [9.17, 15) is 9.18 Å². The molecule has 2 N–H and O–H groups in total. The van der Waals surface area contributed by atoms with Crippen LogP contribution in [0.2, 0.25) is 0 Å². The summed E-state index contributed by atoms with van der Waals surface area (Å²) in [7, 11) is 0. The number of nitrogens with zero attached hydrogens (tertiary/aromatic N) is 1. The number of H-pyrrole nitrogens is 1. The molecule has 0 radical (unpaired) electrons. The fraction of sp³-hybridized carbons (Fsp3) is 0.286. The zero-order valence-corrected chi connectivity index (χ0v) is 14.9. The third-order valence-electron chi connectivity index (χ3n) is 4.89. The highest BCUT2D eigenvalue weighted by atomic mass is 19.1. The summed E-state index contributed by atoms with van der Waals surface area (Å²) in [6.45, 7) is 4.52. The normalized spacial score (nSPS) is 16.8. The van der Waals surface area contributed by atoms with Crippen molar-refractivity contribution in [2.75, 3.05) is 6.54 Å². The summed E-state index contributed by atoms with van der Waals surface area (Å²) in [5.74, 6) is -0.278. The van der Waals surface area contributed by atoms with Crippen molar-refractivity contribution in [2.24, 2.45) is 0 Å². The number of carbonyl (C=O) groups excluding carboxylic acids is 1. The lowest BCUT2D eigenvalue weighted by Gasteiger charge is -2.36. The van der Waals surface area contributed by atoms with Gasteiger partial charge in [-0.1, -0.05) is 30.3 Å². The molecule has 1 aliphatic rings. The summed E-state index contributed by atoms with van der Waals surface area (Å²) in [4.78, 5) is 18.2. The first-order chi connectivity index (χ1) is 12.5. The van der Waals surface area contributed by atoms with Crippen molar-refractivity contribution in [1.29, 1.82) is 0 Å². The maximum Gasteiger partial charge on any atom is 0.318 e. The van der Waals surface area contributed by atoms with Gasteiger partial charge in [-0.15, -0.1) is 0 Å². The van der Waals surface area contributed by atoms with Gasteiger partial charge in [-0.2, -0.15) is 0 Å². The predicted molar refractivity (Wildman–Crippen MR) is 101 cm³/mol. The molecule has 5 heteroatoms. The van der Waals surface area contributed by atoms with Crippen LogP contribution in [0.5, 0.6) is 0 Å². The maximum absolute atomic E-state index is 13.4. The van der Waals surface area contributed by atoms with E-state index in [1.807, 2.05) is 36.9 Å². The van der Waals surface area contributed by atoms with Crippen LogP contribution < -0.4 is 5.32 Å². The van der Waals surface area contributed by atoms with Crippen molar-refractivity contribution in [3.8, 4) is 0 Å². The van der Waals surface area contributed by atoms with Gasteiger partial charge >= 0.3 is 6.03 Å². The van der Waals surface area contributed by atoms with Gasteiger partial charge in [0.1, 0.15) is 5.82 Å². The van der Waals surface area contributed by atoms with E-state index in [0.29, 0.717) is 6.54 Å². The Kier molecular flexibility index (Phi) is 4.15. The number of hydrogen-bond donors (Lipinski definition) is 2. The average molecular weight is 351 g/mol. The van der Waals surface area contributed by atoms with E-state index < -0.39 is 0 Å². The fourth-order valence-electron chi connectivity index (χ4n) is 3.78. The molecule has 0 bridgehead atoms. The largest absolute Gasteiger partial charge is 0.356 e. The number of rotatable bonds is 2. The number of nitrogens with one attached hydrogen (secondary N) is 2. The summed E-state index contributed by atoms with van der Waals surface area (Å²) in [5, 5.41) is 4.18. The van der Waals surface area contributed by atoms with Crippen molar-refractivity contribution in [2.45, 2.75) is 32.4 Å². The van der Waals surface area contributed by atoms with Crippen LogP contribution in [-0.2, 0) is 6.42 Å². The average Bonchev–Trinajstić information content (AvgIpc) is 3.00. The lowest BCUT2D eigenvalue weighted by atomic mass is 9.92. The lowest BCUT2D eigenvalue weighted by Crippen LogP contribution is -2.47. The summed E-state index contributed by atoms with van der Waals surface area (Å²) in [6, 6.07) is 14.3. The van der Waals surface area contributed by atoms with E-state index in [-0.39, 0.29) is 23.9 Å². The molecule has 0 unspecified atom stereocenters. The molecular formula is C21H22FN3O. The number of hydrogen-bond acceptors (Lipinski definition) is 1. The Morgan fingerprint density at radius 3 is 2.65 bits per heavy atom. The lowest BCUT2D eigenvalue weighted by molar-refractivity contribution is 0.177.